The van der Waals surface area contributed by atoms with Crippen LogP contribution in [0.15, 0.2) is 18.2 Å². The van der Waals surface area contributed by atoms with Crippen LogP contribution in [0.3, 0.4) is 0 Å². The Kier molecular flexibility index (Phi) is 5.09. The summed E-state index contributed by atoms with van der Waals surface area (Å²) in [5, 5.41) is 7.53. The Labute approximate surface area is 94.6 Å². The number of anilines is 1. The summed E-state index contributed by atoms with van der Waals surface area (Å²) in [6.45, 7) is 1.94. The SMILES string of the molecule is CNCCCNc1ccc(Cl)c(Cl)c1. The van der Waals surface area contributed by atoms with Gasteiger partial charge in [-0.25, -0.2) is 0 Å². The van der Waals surface area contributed by atoms with Gasteiger partial charge in [-0.1, -0.05) is 23.2 Å². The number of hydrogen-bond donors (Lipinski definition) is 2. The zero-order valence-electron chi connectivity index (χ0n) is 8.11. The average molecular weight is 233 g/mol. The van der Waals surface area contributed by atoms with Crippen molar-refractivity contribution in [2.24, 2.45) is 0 Å². The van der Waals surface area contributed by atoms with Gasteiger partial charge in [0, 0.05) is 12.2 Å². The third-order valence-electron chi connectivity index (χ3n) is 1.85. The van der Waals surface area contributed by atoms with Gasteiger partial charge < -0.3 is 10.6 Å². The number of hydrogen-bond acceptors (Lipinski definition) is 2. The normalized spacial score (nSPS) is 10.2. The summed E-state index contributed by atoms with van der Waals surface area (Å²) in [4.78, 5) is 0. The van der Waals surface area contributed by atoms with Crippen molar-refractivity contribution in [1.82, 2.24) is 5.32 Å². The standard InChI is InChI=1S/C10H14Cl2N2/c1-13-5-2-6-14-8-3-4-9(11)10(12)7-8/h3-4,7,13-14H,2,5-6H2,1H3. The lowest BCUT2D eigenvalue weighted by Gasteiger charge is -2.06. The van der Waals surface area contributed by atoms with Crippen LogP contribution in [-0.4, -0.2) is 20.1 Å². The molecule has 0 aliphatic carbocycles. The number of halogens is 2. The van der Waals surface area contributed by atoms with Crippen molar-refractivity contribution in [3.63, 3.8) is 0 Å². The summed E-state index contributed by atoms with van der Waals surface area (Å²) in [5.74, 6) is 0. The van der Waals surface area contributed by atoms with Gasteiger partial charge in [0.25, 0.3) is 0 Å². The predicted octanol–water partition coefficient (Wildman–Crippen LogP) is 3.01. The van der Waals surface area contributed by atoms with E-state index in [1.165, 1.54) is 0 Å². The minimum absolute atomic E-state index is 0.588. The molecule has 2 nitrogen and oxygen atoms in total. The predicted molar refractivity (Wildman–Crippen MR) is 63.5 cm³/mol. The van der Waals surface area contributed by atoms with Crippen molar-refractivity contribution in [1.29, 1.82) is 0 Å². The largest absolute Gasteiger partial charge is 0.385 e. The van der Waals surface area contributed by atoms with E-state index in [-0.39, 0.29) is 0 Å². The molecule has 1 aromatic carbocycles. The summed E-state index contributed by atoms with van der Waals surface area (Å²) < 4.78 is 0. The van der Waals surface area contributed by atoms with E-state index in [0.29, 0.717) is 10.0 Å². The van der Waals surface area contributed by atoms with Crippen molar-refractivity contribution >= 4 is 28.9 Å². The molecule has 0 unspecified atom stereocenters. The van der Waals surface area contributed by atoms with Crippen LogP contribution in [0.4, 0.5) is 5.69 Å². The van der Waals surface area contributed by atoms with Gasteiger partial charge in [-0.05, 0) is 38.2 Å². The number of rotatable bonds is 5. The molecule has 0 radical (unpaired) electrons. The van der Waals surface area contributed by atoms with Gasteiger partial charge in [0.05, 0.1) is 10.0 Å². The molecule has 0 amide bonds. The first kappa shape index (κ1) is 11.6. The van der Waals surface area contributed by atoms with Crippen molar-refractivity contribution in [2.75, 3.05) is 25.5 Å². The first-order valence-electron chi connectivity index (χ1n) is 4.57. The summed E-state index contributed by atoms with van der Waals surface area (Å²) in [5.41, 5.74) is 1.01. The van der Waals surface area contributed by atoms with Gasteiger partial charge in [-0.2, -0.15) is 0 Å². The smallest absolute Gasteiger partial charge is 0.0612 e. The lowest BCUT2D eigenvalue weighted by Crippen LogP contribution is -2.12. The van der Waals surface area contributed by atoms with Crippen molar-refractivity contribution in [3.05, 3.63) is 28.2 Å². The molecule has 0 saturated carbocycles. The van der Waals surface area contributed by atoms with E-state index >= 15 is 0 Å². The minimum Gasteiger partial charge on any atom is -0.385 e. The molecular formula is C10H14Cl2N2. The van der Waals surface area contributed by atoms with Crippen molar-refractivity contribution in [3.8, 4) is 0 Å². The van der Waals surface area contributed by atoms with Gasteiger partial charge >= 0.3 is 0 Å². The summed E-state index contributed by atoms with van der Waals surface area (Å²) in [6.07, 6.45) is 1.08. The highest BCUT2D eigenvalue weighted by Crippen LogP contribution is 2.24. The fourth-order valence-electron chi connectivity index (χ4n) is 1.10. The van der Waals surface area contributed by atoms with Crippen LogP contribution in [-0.2, 0) is 0 Å². The zero-order chi connectivity index (χ0) is 10.4. The van der Waals surface area contributed by atoms with Crippen LogP contribution in [0.2, 0.25) is 10.0 Å². The second kappa shape index (κ2) is 6.12. The number of benzene rings is 1. The first-order chi connectivity index (χ1) is 6.74. The van der Waals surface area contributed by atoms with Crippen LogP contribution < -0.4 is 10.6 Å². The van der Waals surface area contributed by atoms with Crippen LogP contribution in [0.25, 0.3) is 0 Å². The van der Waals surface area contributed by atoms with Crippen molar-refractivity contribution in [2.45, 2.75) is 6.42 Å². The monoisotopic (exact) mass is 232 g/mol. The molecule has 1 rings (SSSR count). The molecule has 0 saturated heterocycles. The Morgan fingerprint density at radius 1 is 1.14 bits per heavy atom. The molecular weight excluding hydrogens is 219 g/mol. The zero-order valence-corrected chi connectivity index (χ0v) is 9.62. The Hall–Kier alpha value is -0.440. The van der Waals surface area contributed by atoms with E-state index in [9.17, 15) is 0 Å². The molecule has 4 heteroatoms. The first-order valence-corrected chi connectivity index (χ1v) is 5.33. The molecule has 78 valence electrons. The summed E-state index contributed by atoms with van der Waals surface area (Å²) >= 11 is 11.7. The van der Waals surface area contributed by atoms with E-state index in [1.54, 1.807) is 6.07 Å². The molecule has 0 fully saturated rings. The fourth-order valence-corrected chi connectivity index (χ4v) is 1.40. The Balaban J connectivity index is 2.39. The van der Waals surface area contributed by atoms with Gasteiger partial charge in [0.1, 0.15) is 0 Å². The van der Waals surface area contributed by atoms with Gasteiger partial charge in [-0.15, -0.1) is 0 Å². The fraction of sp³-hybridized carbons (Fsp3) is 0.400. The van der Waals surface area contributed by atoms with E-state index in [2.05, 4.69) is 10.6 Å². The molecule has 0 aromatic heterocycles. The van der Waals surface area contributed by atoms with Gasteiger partial charge in [-0.3, -0.25) is 0 Å². The Morgan fingerprint density at radius 3 is 2.57 bits per heavy atom. The molecule has 1 aromatic rings. The van der Waals surface area contributed by atoms with Crippen LogP contribution in [0, 0.1) is 0 Å². The highest BCUT2D eigenvalue weighted by Gasteiger charge is 1.98. The topological polar surface area (TPSA) is 24.1 Å². The summed E-state index contributed by atoms with van der Waals surface area (Å²) in [7, 11) is 1.94. The number of nitrogens with one attached hydrogen (secondary N) is 2. The molecule has 0 heterocycles. The van der Waals surface area contributed by atoms with Gasteiger partial charge in [0.15, 0.2) is 0 Å². The molecule has 0 bridgehead atoms. The lowest BCUT2D eigenvalue weighted by atomic mass is 10.3. The van der Waals surface area contributed by atoms with Crippen LogP contribution >= 0.6 is 23.2 Å². The third-order valence-corrected chi connectivity index (χ3v) is 2.59. The van der Waals surface area contributed by atoms with E-state index in [1.807, 2.05) is 19.2 Å². The highest BCUT2D eigenvalue weighted by molar-refractivity contribution is 6.42. The maximum atomic E-state index is 5.87. The van der Waals surface area contributed by atoms with Crippen LogP contribution in [0.1, 0.15) is 6.42 Å². The lowest BCUT2D eigenvalue weighted by molar-refractivity contribution is 0.748. The molecule has 14 heavy (non-hydrogen) atoms. The minimum atomic E-state index is 0.588. The average Bonchev–Trinajstić information content (AvgIpc) is 2.18. The maximum absolute atomic E-state index is 5.87. The quantitative estimate of drug-likeness (QED) is 0.764. The maximum Gasteiger partial charge on any atom is 0.0612 e. The second-order valence-electron chi connectivity index (χ2n) is 3.01. The van der Waals surface area contributed by atoms with Gasteiger partial charge in [0.2, 0.25) is 0 Å². The van der Waals surface area contributed by atoms with E-state index in [4.69, 9.17) is 23.2 Å². The van der Waals surface area contributed by atoms with Crippen LogP contribution in [0.5, 0.6) is 0 Å². The van der Waals surface area contributed by atoms with E-state index < -0.39 is 0 Å². The Bertz CT molecular complexity index is 289. The molecule has 2 N–H and O–H groups in total. The second-order valence-corrected chi connectivity index (χ2v) is 3.83. The third kappa shape index (κ3) is 3.74. The molecule has 0 atom stereocenters. The van der Waals surface area contributed by atoms with Crippen molar-refractivity contribution < 1.29 is 0 Å². The molecule has 0 aliphatic rings. The summed E-state index contributed by atoms with van der Waals surface area (Å²) in [6, 6.07) is 5.56. The van der Waals surface area contributed by atoms with E-state index in [0.717, 1.165) is 25.2 Å². The highest BCUT2D eigenvalue weighted by atomic mass is 35.5. The molecule has 0 aliphatic heterocycles. The molecule has 0 spiro atoms. The Morgan fingerprint density at radius 2 is 1.93 bits per heavy atom.